The molecule has 0 unspecified atom stereocenters. The van der Waals surface area contributed by atoms with Gasteiger partial charge in [-0.15, -0.1) is 0 Å². The molecule has 158 valence electrons. The average Bonchev–Trinajstić information content (AvgIpc) is 3.27. The topological polar surface area (TPSA) is 56.0 Å². The van der Waals surface area contributed by atoms with Crippen LogP contribution in [0.2, 0.25) is 0 Å². The molecule has 0 radical (unpaired) electrons. The second-order valence-corrected chi connectivity index (χ2v) is 7.65. The Kier molecular flexibility index (Phi) is 4.35. The van der Waals surface area contributed by atoms with Gasteiger partial charge < -0.3 is 9.47 Å². The number of hydrogen-bond acceptors (Lipinski definition) is 3. The van der Waals surface area contributed by atoms with Gasteiger partial charge >= 0.3 is 0 Å². The molecule has 5 rings (SSSR count). The van der Waals surface area contributed by atoms with Crippen LogP contribution in [0, 0.1) is 17.5 Å². The molecule has 4 heterocycles. The van der Waals surface area contributed by atoms with Gasteiger partial charge in [0.25, 0.3) is 5.91 Å². The van der Waals surface area contributed by atoms with Crippen molar-refractivity contribution in [3.05, 3.63) is 70.9 Å². The minimum atomic E-state index is -1.50. The van der Waals surface area contributed by atoms with Gasteiger partial charge in [-0.3, -0.25) is 14.5 Å². The fourth-order valence-electron chi connectivity index (χ4n) is 4.29. The lowest BCUT2D eigenvalue weighted by molar-refractivity contribution is 0.0734. The van der Waals surface area contributed by atoms with E-state index >= 15 is 0 Å². The third kappa shape index (κ3) is 2.99. The highest BCUT2D eigenvalue weighted by atomic mass is 19.2. The zero-order valence-electron chi connectivity index (χ0n) is 16.9. The van der Waals surface area contributed by atoms with Crippen LogP contribution in [0.25, 0.3) is 22.3 Å². The number of amides is 1. The summed E-state index contributed by atoms with van der Waals surface area (Å²) in [5, 5.41) is 4.47. The molecular formula is C22H18F3N5O. The predicted molar refractivity (Wildman–Crippen MR) is 108 cm³/mol. The van der Waals surface area contributed by atoms with Gasteiger partial charge in [0.2, 0.25) is 0 Å². The van der Waals surface area contributed by atoms with Crippen molar-refractivity contribution in [3.63, 3.8) is 0 Å². The first-order valence-electron chi connectivity index (χ1n) is 9.74. The van der Waals surface area contributed by atoms with Crippen LogP contribution >= 0.6 is 0 Å². The minimum Gasteiger partial charge on any atom is -0.348 e. The Labute approximate surface area is 175 Å². The maximum Gasteiger partial charge on any atom is 0.257 e. The summed E-state index contributed by atoms with van der Waals surface area (Å²) in [6.07, 6.45) is 3.88. The second-order valence-electron chi connectivity index (χ2n) is 7.65. The fourth-order valence-corrected chi connectivity index (χ4v) is 4.29. The monoisotopic (exact) mass is 425 g/mol. The van der Waals surface area contributed by atoms with E-state index in [1.54, 1.807) is 24.3 Å². The first-order chi connectivity index (χ1) is 14.8. The molecule has 1 amide bonds. The summed E-state index contributed by atoms with van der Waals surface area (Å²) in [5.74, 6) is -4.15. The molecule has 0 bridgehead atoms. The van der Waals surface area contributed by atoms with E-state index in [0.29, 0.717) is 35.4 Å². The van der Waals surface area contributed by atoms with Crippen molar-refractivity contribution in [2.75, 3.05) is 6.54 Å². The van der Waals surface area contributed by atoms with Crippen LogP contribution in [0.3, 0.4) is 0 Å². The van der Waals surface area contributed by atoms with Crippen LogP contribution in [-0.4, -0.2) is 36.7 Å². The lowest BCUT2D eigenvalue weighted by atomic mass is 9.99. The van der Waals surface area contributed by atoms with Crippen LogP contribution in [0.15, 0.2) is 36.7 Å². The van der Waals surface area contributed by atoms with Crippen LogP contribution in [0.4, 0.5) is 13.2 Å². The van der Waals surface area contributed by atoms with Crippen molar-refractivity contribution in [2.45, 2.75) is 13.0 Å². The molecule has 3 aromatic heterocycles. The highest BCUT2D eigenvalue weighted by molar-refractivity contribution is 6.05. The number of aromatic nitrogens is 4. The third-order valence-electron chi connectivity index (χ3n) is 5.72. The largest absolute Gasteiger partial charge is 0.348 e. The zero-order chi connectivity index (χ0) is 21.9. The van der Waals surface area contributed by atoms with Gasteiger partial charge in [-0.2, -0.15) is 5.10 Å². The molecule has 0 aliphatic carbocycles. The van der Waals surface area contributed by atoms with E-state index in [0.717, 1.165) is 23.2 Å². The maximum atomic E-state index is 13.8. The molecule has 31 heavy (non-hydrogen) atoms. The summed E-state index contributed by atoms with van der Waals surface area (Å²) < 4.78 is 44.3. The first kappa shape index (κ1) is 19.3. The predicted octanol–water partition coefficient (Wildman–Crippen LogP) is 3.59. The normalized spacial score (nSPS) is 13.6. The van der Waals surface area contributed by atoms with Crippen LogP contribution < -0.4 is 0 Å². The Hall–Kier alpha value is -3.62. The second kappa shape index (κ2) is 6.97. The molecule has 0 spiro atoms. The zero-order valence-corrected chi connectivity index (χ0v) is 16.9. The Morgan fingerprint density at radius 2 is 1.87 bits per heavy atom. The van der Waals surface area contributed by atoms with Crippen LogP contribution in [-0.2, 0) is 27.1 Å². The molecule has 0 saturated carbocycles. The Morgan fingerprint density at radius 3 is 2.61 bits per heavy atom. The van der Waals surface area contributed by atoms with E-state index < -0.39 is 17.5 Å². The molecule has 6 nitrogen and oxygen atoms in total. The highest BCUT2D eigenvalue weighted by Crippen LogP contribution is 2.32. The van der Waals surface area contributed by atoms with Gasteiger partial charge in [0.15, 0.2) is 17.5 Å². The van der Waals surface area contributed by atoms with E-state index in [1.807, 2.05) is 23.7 Å². The number of aryl methyl sites for hydroxylation is 2. The smallest absolute Gasteiger partial charge is 0.257 e. The van der Waals surface area contributed by atoms with Crippen molar-refractivity contribution >= 4 is 16.9 Å². The van der Waals surface area contributed by atoms with Gasteiger partial charge in [0, 0.05) is 44.2 Å². The molecular weight excluding hydrogens is 407 g/mol. The van der Waals surface area contributed by atoms with Gasteiger partial charge in [-0.25, -0.2) is 13.2 Å². The SMILES string of the molecule is Cn1nc2c(c1-c1cc(F)c(F)c(F)c1)CCN(C(=O)c1cn(C)c3cccnc13)C2. The third-order valence-corrected chi connectivity index (χ3v) is 5.72. The van der Waals surface area contributed by atoms with E-state index in [9.17, 15) is 18.0 Å². The average molecular weight is 425 g/mol. The Balaban J connectivity index is 1.49. The quantitative estimate of drug-likeness (QED) is 0.462. The number of fused-ring (bicyclic) bond motifs is 2. The fraction of sp³-hybridized carbons (Fsp3) is 0.227. The summed E-state index contributed by atoms with van der Waals surface area (Å²) in [4.78, 5) is 19.3. The number of nitrogens with zero attached hydrogens (tertiary/aromatic N) is 5. The van der Waals surface area contributed by atoms with Crippen molar-refractivity contribution in [1.82, 2.24) is 24.2 Å². The van der Waals surface area contributed by atoms with Crippen molar-refractivity contribution in [1.29, 1.82) is 0 Å². The summed E-state index contributed by atoms with van der Waals surface area (Å²) in [6, 6.07) is 5.66. The lowest BCUT2D eigenvalue weighted by Crippen LogP contribution is -2.36. The summed E-state index contributed by atoms with van der Waals surface area (Å²) in [7, 11) is 3.52. The molecule has 1 aliphatic heterocycles. The number of carbonyl (C=O) groups is 1. The summed E-state index contributed by atoms with van der Waals surface area (Å²) in [6.45, 7) is 0.678. The number of pyridine rings is 1. The van der Waals surface area contributed by atoms with Crippen molar-refractivity contribution < 1.29 is 18.0 Å². The van der Waals surface area contributed by atoms with E-state index in [4.69, 9.17) is 0 Å². The molecule has 0 N–H and O–H groups in total. The first-order valence-corrected chi connectivity index (χ1v) is 9.74. The highest BCUT2D eigenvalue weighted by Gasteiger charge is 2.29. The molecule has 1 aromatic carbocycles. The molecule has 0 fully saturated rings. The number of halogens is 3. The molecule has 1 aliphatic rings. The van der Waals surface area contributed by atoms with Crippen molar-refractivity contribution in [3.8, 4) is 11.3 Å². The molecule has 4 aromatic rings. The molecule has 0 atom stereocenters. The van der Waals surface area contributed by atoms with E-state index in [-0.39, 0.29) is 18.0 Å². The number of hydrogen-bond donors (Lipinski definition) is 0. The van der Waals surface area contributed by atoms with E-state index in [2.05, 4.69) is 10.1 Å². The van der Waals surface area contributed by atoms with E-state index in [1.165, 1.54) is 4.68 Å². The minimum absolute atomic E-state index is 0.152. The van der Waals surface area contributed by atoms with Crippen LogP contribution in [0.1, 0.15) is 21.6 Å². The summed E-state index contributed by atoms with van der Waals surface area (Å²) >= 11 is 0. The number of benzene rings is 1. The lowest BCUT2D eigenvalue weighted by Gasteiger charge is -2.26. The number of rotatable bonds is 2. The Morgan fingerprint density at radius 1 is 1.13 bits per heavy atom. The van der Waals surface area contributed by atoms with Gasteiger partial charge in [-0.1, -0.05) is 0 Å². The molecule has 0 saturated heterocycles. The van der Waals surface area contributed by atoms with Gasteiger partial charge in [0.05, 0.1) is 29.0 Å². The van der Waals surface area contributed by atoms with Crippen molar-refractivity contribution in [2.24, 2.45) is 14.1 Å². The standard InChI is InChI=1S/C22H18F3N5O/c1-28-10-14(20-18(28)4-3-6-26-20)22(31)30-7-5-13-17(11-30)27-29(2)21(13)12-8-15(23)19(25)16(24)9-12/h3-4,6,8-10H,5,7,11H2,1-2H3. The number of carbonyl (C=O) groups excluding carboxylic acids is 1. The van der Waals surface area contributed by atoms with Gasteiger partial charge in [-0.05, 0) is 30.7 Å². The maximum absolute atomic E-state index is 13.8. The Bertz CT molecular complexity index is 1330. The summed E-state index contributed by atoms with van der Waals surface area (Å²) in [5.41, 5.74) is 4.20. The van der Waals surface area contributed by atoms with Crippen LogP contribution in [0.5, 0.6) is 0 Å². The molecule has 9 heteroatoms. The van der Waals surface area contributed by atoms with Gasteiger partial charge in [0.1, 0.15) is 5.52 Å².